The molecule has 1 aromatic rings. The number of carbonyl (C=O) groups excluding carboxylic acids is 3. The molecule has 0 unspecified atom stereocenters. The minimum atomic E-state index is -1.36. The second kappa shape index (κ2) is 4.50. The summed E-state index contributed by atoms with van der Waals surface area (Å²) < 4.78 is 0. The Morgan fingerprint density at radius 2 is 1.53 bits per heavy atom. The summed E-state index contributed by atoms with van der Waals surface area (Å²) in [6, 6.07) is 6.46. The first-order valence-electron chi connectivity index (χ1n) is 6.13. The number of imide groups is 2. The van der Waals surface area contributed by atoms with Crippen molar-refractivity contribution in [3.8, 4) is 0 Å². The highest BCUT2D eigenvalue weighted by atomic mass is 16.2. The third-order valence-electron chi connectivity index (χ3n) is 3.61. The van der Waals surface area contributed by atoms with Crippen LogP contribution in [0.25, 0.3) is 0 Å². The van der Waals surface area contributed by atoms with Gasteiger partial charge in [0.2, 0.25) is 11.8 Å². The van der Waals surface area contributed by atoms with Gasteiger partial charge in [0, 0.05) is 0 Å². The summed E-state index contributed by atoms with van der Waals surface area (Å²) in [5, 5.41) is 4.40. The van der Waals surface area contributed by atoms with E-state index in [1.165, 1.54) is 0 Å². The fraction of sp³-hybridized carbons (Fsp3) is 0.357. The molecule has 0 aliphatic carbocycles. The summed E-state index contributed by atoms with van der Waals surface area (Å²) in [6.07, 6.45) is 0. The molecule has 0 spiro atoms. The molecule has 1 saturated heterocycles. The van der Waals surface area contributed by atoms with Gasteiger partial charge in [-0.15, -0.1) is 0 Å². The third kappa shape index (κ3) is 1.82. The van der Waals surface area contributed by atoms with Crippen LogP contribution < -0.4 is 10.6 Å². The van der Waals surface area contributed by atoms with Crippen LogP contribution >= 0.6 is 0 Å². The van der Waals surface area contributed by atoms with Gasteiger partial charge in [0.1, 0.15) is 0 Å². The number of rotatable bonds is 2. The minimum Gasteiger partial charge on any atom is -0.277 e. The third-order valence-corrected chi connectivity index (χ3v) is 3.61. The lowest BCUT2D eigenvalue weighted by atomic mass is 9.68. The van der Waals surface area contributed by atoms with Crippen molar-refractivity contribution in [2.45, 2.75) is 26.2 Å². The van der Waals surface area contributed by atoms with Crippen molar-refractivity contribution in [1.82, 2.24) is 10.6 Å². The van der Waals surface area contributed by atoms with Crippen LogP contribution in [0.15, 0.2) is 24.3 Å². The number of carbonyl (C=O) groups is 3. The van der Waals surface area contributed by atoms with Gasteiger partial charge < -0.3 is 0 Å². The number of hydrogen-bond acceptors (Lipinski definition) is 3. The largest absolute Gasteiger partial charge is 0.328 e. The SMILES string of the molecule is Cc1ccccc1C1(C(C)C)C(=O)NC(=O)NC1=O. The Morgan fingerprint density at radius 3 is 2.00 bits per heavy atom. The Bertz CT molecular complexity index is 544. The van der Waals surface area contributed by atoms with E-state index in [1.807, 2.05) is 19.1 Å². The molecular weight excluding hydrogens is 244 g/mol. The number of benzene rings is 1. The van der Waals surface area contributed by atoms with Crippen molar-refractivity contribution in [3.05, 3.63) is 35.4 Å². The Hall–Kier alpha value is -2.17. The monoisotopic (exact) mass is 260 g/mol. The minimum absolute atomic E-state index is 0.276. The molecular formula is C14H16N2O3. The van der Waals surface area contributed by atoms with Gasteiger partial charge in [-0.3, -0.25) is 20.2 Å². The normalized spacial score (nSPS) is 18.2. The standard InChI is InChI=1S/C14H16N2O3/c1-8(2)14(10-7-5-4-6-9(10)3)11(17)15-13(19)16-12(14)18/h4-8H,1-3H3,(H2,15,16,17,18,19). The molecule has 0 bridgehead atoms. The van der Waals surface area contributed by atoms with E-state index in [9.17, 15) is 14.4 Å². The van der Waals surface area contributed by atoms with Gasteiger partial charge in [0.05, 0.1) is 0 Å². The highest BCUT2D eigenvalue weighted by Gasteiger charge is 2.54. The first kappa shape index (κ1) is 13.3. The van der Waals surface area contributed by atoms with Gasteiger partial charge in [-0.25, -0.2) is 4.79 Å². The molecule has 2 rings (SSSR count). The lowest BCUT2D eigenvalue weighted by Gasteiger charge is -2.38. The summed E-state index contributed by atoms with van der Waals surface area (Å²) in [6.45, 7) is 5.43. The second-order valence-corrected chi connectivity index (χ2v) is 5.02. The van der Waals surface area contributed by atoms with E-state index < -0.39 is 23.3 Å². The fourth-order valence-corrected chi connectivity index (χ4v) is 2.63. The maximum atomic E-state index is 12.3. The number of aryl methyl sites for hydroxylation is 1. The first-order chi connectivity index (χ1) is 8.90. The summed E-state index contributed by atoms with van der Waals surface area (Å²) >= 11 is 0. The number of urea groups is 1. The Balaban J connectivity index is 2.68. The molecule has 1 fully saturated rings. The van der Waals surface area contributed by atoms with Gasteiger partial charge in [-0.2, -0.15) is 0 Å². The molecule has 1 aliphatic rings. The quantitative estimate of drug-likeness (QED) is 0.786. The van der Waals surface area contributed by atoms with Crippen LogP contribution in [0.4, 0.5) is 4.79 Å². The zero-order valence-corrected chi connectivity index (χ0v) is 11.1. The van der Waals surface area contributed by atoms with Crippen LogP contribution in [0.3, 0.4) is 0 Å². The number of amides is 4. The second-order valence-electron chi connectivity index (χ2n) is 5.02. The number of barbiturate groups is 1. The van der Waals surface area contributed by atoms with Gasteiger partial charge in [0.15, 0.2) is 5.41 Å². The van der Waals surface area contributed by atoms with Crippen LogP contribution in [0.1, 0.15) is 25.0 Å². The summed E-state index contributed by atoms with van der Waals surface area (Å²) in [5.41, 5.74) is 0.113. The highest BCUT2D eigenvalue weighted by molar-refractivity contribution is 6.23. The van der Waals surface area contributed by atoms with Crippen molar-refractivity contribution in [3.63, 3.8) is 0 Å². The van der Waals surface area contributed by atoms with E-state index in [4.69, 9.17) is 0 Å². The predicted octanol–water partition coefficient (Wildman–Crippen LogP) is 1.25. The van der Waals surface area contributed by atoms with Crippen molar-refractivity contribution in [2.24, 2.45) is 5.92 Å². The maximum Gasteiger partial charge on any atom is 0.328 e. The van der Waals surface area contributed by atoms with E-state index in [-0.39, 0.29) is 5.92 Å². The topological polar surface area (TPSA) is 75.3 Å². The molecule has 19 heavy (non-hydrogen) atoms. The predicted molar refractivity (Wildman–Crippen MR) is 69.4 cm³/mol. The van der Waals surface area contributed by atoms with E-state index in [2.05, 4.69) is 10.6 Å². The van der Waals surface area contributed by atoms with Gasteiger partial charge in [-0.1, -0.05) is 38.1 Å². The molecule has 5 heteroatoms. The molecule has 0 atom stereocenters. The van der Waals surface area contributed by atoms with Gasteiger partial charge >= 0.3 is 6.03 Å². The maximum absolute atomic E-state index is 12.3. The average Bonchev–Trinajstić information content (AvgIpc) is 2.30. The molecule has 0 aromatic heterocycles. The fourth-order valence-electron chi connectivity index (χ4n) is 2.63. The van der Waals surface area contributed by atoms with E-state index in [1.54, 1.807) is 26.0 Å². The molecule has 100 valence electrons. The summed E-state index contributed by atoms with van der Waals surface area (Å²) in [7, 11) is 0. The van der Waals surface area contributed by atoms with E-state index in [0.717, 1.165) is 5.56 Å². The Kier molecular flexibility index (Phi) is 3.14. The Labute approximate surface area is 111 Å². The molecule has 1 heterocycles. The average molecular weight is 260 g/mol. The van der Waals surface area contributed by atoms with E-state index in [0.29, 0.717) is 5.56 Å². The summed E-state index contributed by atoms with van der Waals surface area (Å²) in [4.78, 5) is 35.9. The molecule has 4 amide bonds. The zero-order chi connectivity index (χ0) is 14.2. The molecule has 0 saturated carbocycles. The first-order valence-corrected chi connectivity index (χ1v) is 6.13. The molecule has 1 aromatic carbocycles. The smallest absolute Gasteiger partial charge is 0.277 e. The van der Waals surface area contributed by atoms with Crippen LogP contribution in [-0.2, 0) is 15.0 Å². The lowest BCUT2D eigenvalue weighted by Crippen LogP contribution is -2.66. The van der Waals surface area contributed by atoms with Crippen molar-refractivity contribution in [1.29, 1.82) is 0 Å². The highest BCUT2D eigenvalue weighted by Crippen LogP contribution is 2.36. The van der Waals surface area contributed by atoms with Crippen molar-refractivity contribution in [2.75, 3.05) is 0 Å². The van der Waals surface area contributed by atoms with Crippen molar-refractivity contribution < 1.29 is 14.4 Å². The molecule has 1 aliphatic heterocycles. The number of nitrogens with one attached hydrogen (secondary N) is 2. The van der Waals surface area contributed by atoms with E-state index >= 15 is 0 Å². The molecule has 0 radical (unpaired) electrons. The molecule has 2 N–H and O–H groups in total. The van der Waals surface area contributed by atoms with Crippen LogP contribution in [-0.4, -0.2) is 17.8 Å². The zero-order valence-electron chi connectivity index (χ0n) is 11.1. The lowest BCUT2D eigenvalue weighted by molar-refractivity contribution is -0.140. The number of hydrogen-bond donors (Lipinski definition) is 2. The van der Waals surface area contributed by atoms with Gasteiger partial charge in [-0.05, 0) is 24.0 Å². The summed E-state index contributed by atoms with van der Waals surface area (Å²) in [5.74, 6) is -1.40. The Morgan fingerprint density at radius 1 is 1.00 bits per heavy atom. The molecule has 5 nitrogen and oxygen atoms in total. The van der Waals surface area contributed by atoms with Crippen LogP contribution in [0.2, 0.25) is 0 Å². The van der Waals surface area contributed by atoms with Crippen LogP contribution in [0.5, 0.6) is 0 Å². The van der Waals surface area contributed by atoms with Crippen molar-refractivity contribution >= 4 is 17.8 Å². The van der Waals surface area contributed by atoms with Gasteiger partial charge in [0.25, 0.3) is 0 Å². The van der Waals surface area contributed by atoms with Crippen LogP contribution in [0, 0.1) is 12.8 Å².